The molecule has 0 radical (unpaired) electrons. The van der Waals surface area contributed by atoms with Crippen molar-refractivity contribution in [1.29, 1.82) is 0 Å². The van der Waals surface area contributed by atoms with Gasteiger partial charge in [-0.05, 0) is 54.1 Å². The van der Waals surface area contributed by atoms with E-state index in [0.29, 0.717) is 22.7 Å². The number of anilines is 1. The average Bonchev–Trinajstić information content (AvgIpc) is 2.92. The molecule has 3 amide bonds. The van der Waals surface area contributed by atoms with Gasteiger partial charge in [0, 0.05) is 18.3 Å². The van der Waals surface area contributed by atoms with E-state index in [2.05, 4.69) is 10.6 Å². The molecule has 9 nitrogen and oxygen atoms in total. The maximum absolute atomic E-state index is 13.4. The number of hydrogen-bond acceptors (Lipinski definition) is 6. The molecule has 10 heteroatoms. The minimum Gasteiger partial charge on any atom is -0.497 e. The molecule has 194 valence electrons. The number of nitrogens with zero attached hydrogens (tertiary/aromatic N) is 1. The summed E-state index contributed by atoms with van der Waals surface area (Å²) in [4.78, 5) is 39.7. The van der Waals surface area contributed by atoms with Gasteiger partial charge in [0.25, 0.3) is 5.91 Å². The lowest BCUT2D eigenvalue weighted by molar-refractivity contribution is -0.124. The third-order valence-corrected chi connectivity index (χ3v) is 5.37. The van der Waals surface area contributed by atoms with Crippen LogP contribution in [-0.4, -0.2) is 57.0 Å². The molecule has 0 atom stereocenters. The van der Waals surface area contributed by atoms with Gasteiger partial charge in [-0.3, -0.25) is 14.4 Å². The number of methoxy groups -OCH3 is 3. The number of carbonyl (C=O) groups is 3. The Hall–Kier alpha value is -4.60. The second kappa shape index (κ2) is 12.9. The Kier molecular flexibility index (Phi) is 9.42. The van der Waals surface area contributed by atoms with Crippen LogP contribution < -0.4 is 24.8 Å². The fraction of sp³-hybridized carbons (Fsp3) is 0.222. The number of carbonyl (C=O) groups excluding carboxylic acids is 3. The van der Waals surface area contributed by atoms with Gasteiger partial charge in [-0.1, -0.05) is 12.1 Å². The summed E-state index contributed by atoms with van der Waals surface area (Å²) >= 11 is 0. The zero-order valence-corrected chi connectivity index (χ0v) is 20.7. The van der Waals surface area contributed by atoms with Crippen LogP contribution in [0, 0.1) is 5.82 Å². The molecule has 0 aliphatic carbocycles. The highest BCUT2D eigenvalue weighted by molar-refractivity contribution is 6.00. The Labute approximate surface area is 214 Å². The minimum atomic E-state index is -0.548. The molecule has 0 fully saturated rings. The van der Waals surface area contributed by atoms with Gasteiger partial charge in [0.2, 0.25) is 11.8 Å². The third-order valence-electron chi connectivity index (χ3n) is 5.37. The van der Waals surface area contributed by atoms with Crippen LogP contribution in [0.25, 0.3) is 0 Å². The summed E-state index contributed by atoms with van der Waals surface area (Å²) in [5.41, 5.74) is 1.38. The van der Waals surface area contributed by atoms with E-state index in [0.717, 1.165) is 0 Å². The topological polar surface area (TPSA) is 106 Å². The summed E-state index contributed by atoms with van der Waals surface area (Å²) < 4.78 is 29.0. The second-order valence-electron chi connectivity index (χ2n) is 7.91. The number of halogens is 1. The number of rotatable bonds is 11. The van der Waals surface area contributed by atoms with Crippen molar-refractivity contribution in [2.75, 3.05) is 39.7 Å². The normalized spacial score (nSPS) is 10.3. The van der Waals surface area contributed by atoms with E-state index in [1.54, 1.807) is 36.4 Å². The summed E-state index contributed by atoms with van der Waals surface area (Å²) in [7, 11) is 4.45. The van der Waals surface area contributed by atoms with Gasteiger partial charge < -0.3 is 29.7 Å². The maximum atomic E-state index is 13.4. The van der Waals surface area contributed by atoms with E-state index in [-0.39, 0.29) is 30.9 Å². The molecule has 0 saturated carbocycles. The van der Waals surface area contributed by atoms with Crippen LogP contribution in [-0.2, 0) is 16.1 Å². The lowest BCUT2D eigenvalue weighted by atomic mass is 10.1. The van der Waals surface area contributed by atoms with Gasteiger partial charge in [-0.15, -0.1) is 0 Å². The van der Waals surface area contributed by atoms with E-state index in [9.17, 15) is 18.8 Å². The van der Waals surface area contributed by atoms with Crippen molar-refractivity contribution in [2.24, 2.45) is 0 Å². The van der Waals surface area contributed by atoms with Gasteiger partial charge in [0.15, 0.2) is 0 Å². The lowest BCUT2D eigenvalue weighted by Gasteiger charge is -2.23. The summed E-state index contributed by atoms with van der Waals surface area (Å²) in [6, 6.07) is 17.0. The van der Waals surface area contributed by atoms with E-state index in [4.69, 9.17) is 14.2 Å². The molecule has 0 aliphatic rings. The fourth-order valence-corrected chi connectivity index (χ4v) is 3.44. The van der Waals surface area contributed by atoms with Gasteiger partial charge in [-0.2, -0.15) is 0 Å². The lowest BCUT2D eigenvalue weighted by Crippen LogP contribution is -2.42. The van der Waals surface area contributed by atoms with Crippen molar-refractivity contribution in [2.45, 2.75) is 6.54 Å². The molecule has 3 aromatic carbocycles. The smallest absolute Gasteiger partial charge is 0.258 e. The van der Waals surface area contributed by atoms with Crippen LogP contribution in [0.5, 0.6) is 17.2 Å². The van der Waals surface area contributed by atoms with E-state index in [1.165, 1.54) is 56.6 Å². The van der Waals surface area contributed by atoms with Crippen molar-refractivity contribution >= 4 is 23.4 Å². The number of hydrogen-bond donors (Lipinski definition) is 2. The number of nitrogens with one attached hydrogen (secondary N) is 2. The predicted molar refractivity (Wildman–Crippen MR) is 135 cm³/mol. The molecule has 3 rings (SSSR count). The first-order chi connectivity index (χ1) is 17.8. The monoisotopic (exact) mass is 509 g/mol. The maximum Gasteiger partial charge on any atom is 0.258 e. The molecule has 0 saturated heterocycles. The van der Waals surface area contributed by atoms with Crippen LogP contribution in [0.15, 0.2) is 66.7 Å². The Morgan fingerprint density at radius 3 is 2.08 bits per heavy atom. The van der Waals surface area contributed by atoms with Crippen molar-refractivity contribution in [1.82, 2.24) is 10.2 Å². The van der Waals surface area contributed by atoms with Gasteiger partial charge in [0.05, 0.1) is 33.4 Å². The highest BCUT2D eigenvalue weighted by Gasteiger charge is 2.23. The predicted octanol–water partition coefficient (Wildman–Crippen LogP) is 3.25. The fourth-order valence-electron chi connectivity index (χ4n) is 3.44. The van der Waals surface area contributed by atoms with E-state index in [1.807, 2.05) is 0 Å². The largest absolute Gasteiger partial charge is 0.497 e. The van der Waals surface area contributed by atoms with Gasteiger partial charge >= 0.3 is 0 Å². The molecule has 3 aromatic rings. The molecule has 2 N–H and O–H groups in total. The van der Waals surface area contributed by atoms with Gasteiger partial charge in [0.1, 0.15) is 29.6 Å². The van der Waals surface area contributed by atoms with Crippen molar-refractivity contribution in [3.8, 4) is 17.2 Å². The van der Waals surface area contributed by atoms with Crippen LogP contribution in [0.3, 0.4) is 0 Å². The molecule has 0 aromatic heterocycles. The van der Waals surface area contributed by atoms with Crippen LogP contribution in [0.1, 0.15) is 15.9 Å². The molecule has 0 unspecified atom stereocenters. The SMILES string of the molecule is COc1ccc(NC(=O)CNC(=O)CN(Cc2ccc(F)cc2)C(=O)c2ccc(OC)cc2OC)cc1. The van der Waals surface area contributed by atoms with Crippen LogP contribution in [0.2, 0.25) is 0 Å². The average molecular weight is 510 g/mol. The first-order valence-electron chi connectivity index (χ1n) is 11.3. The van der Waals surface area contributed by atoms with Crippen molar-refractivity contribution in [3.05, 3.63) is 83.7 Å². The quantitative estimate of drug-likeness (QED) is 0.411. The van der Waals surface area contributed by atoms with E-state index >= 15 is 0 Å². The van der Waals surface area contributed by atoms with Crippen LogP contribution >= 0.6 is 0 Å². The number of benzene rings is 3. The molecule has 0 aliphatic heterocycles. The summed E-state index contributed by atoms with van der Waals surface area (Å²) in [6.45, 7) is -0.615. The Bertz CT molecular complexity index is 1230. The highest BCUT2D eigenvalue weighted by atomic mass is 19.1. The zero-order chi connectivity index (χ0) is 26.8. The summed E-state index contributed by atoms with van der Waals surface area (Å²) in [6.07, 6.45) is 0. The molecule has 37 heavy (non-hydrogen) atoms. The molecular weight excluding hydrogens is 481 g/mol. The summed E-state index contributed by atoms with van der Waals surface area (Å²) in [5.74, 6) is -0.474. The van der Waals surface area contributed by atoms with E-state index < -0.39 is 23.5 Å². The van der Waals surface area contributed by atoms with Gasteiger partial charge in [-0.25, -0.2) is 4.39 Å². The van der Waals surface area contributed by atoms with Crippen molar-refractivity contribution in [3.63, 3.8) is 0 Å². The minimum absolute atomic E-state index is 0.0275. The number of amides is 3. The Balaban J connectivity index is 1.70. The Morgan fingerprint density at radius 1 is 0.811 bits per heavy atom. The van der Waals surface area contributed by atoms with Crippen molar-refractivity contribution < 1.29 is 33.0 Å². The first kappa shape index (κ1) is 27.0. The molecular formula is C27H28FN3O6. The molecule has 0 spiro atoms. The molecule has 0 heterocycles. The highest BCUT2D eigenvalue weighted by Crippen LogP contribution is 2.26. The zero-order valence-electron chi connectivity index (χ0n) is 20.7. The second-order valence-corrected chi connectivity index (χ2v) is 7.91. The summed E-state index contributed by atoms with van der Waals surface area (Å²) in [5, 5.41) is 5.19. The molecule has 0 bridgehead atoms. The van der Waals surface area contributed by atoms with Crippen LogP contribution in [0.4, 0.5) is 10.1 Å². The Morgan fingerprint density at radius 2 is 1.46 bits per heavy atom. The first-order valence-corrected chi connectivity index (χ1v) is 11.3. The number of ether oxygens (including phenoxy) is 3. The third kappa shape index (κ3) is 7.69. The standard InChI is InChI=1S/C27H28FN3O6/c1-35-21-10-8-20(9-11-21)30-25(32)15-29-26(33)17-31(16-18-4-6-19(28)7-5-18)27(34)23-13-12-22(36-2)14-24(23)37-3/h4-14H,15-17H2,1-3H3,(H,29,33)(H,30,32).